The highest BCUT2D eigenvalue weighted by molar-refractivity contribution is 5.80. The van der Waals surface area contributed by atoms with E-state index in [4.69, 9.17) is 5.73 Å². The predicted octanol–water partition coefficient (Wildman–Crippen LogP) is 2.54. The Morgan fingerprint density at radius 2 is 1.83 bits per heavy atom. The van der Waals surface area contributed by atoms with Crippen LogP contribution < -0.4 is 11.3 Å². The summed E-state index contributed by atoms with van der Waals surface area (Å²) in [5.74, 6) is 0.555. The highest BCUT2D eigenvalue weighted by atomic mass is 19.1. The molecule has 0 spiro atoms. The molecule has 0 saturated heterocycles. The maximum absolute atomic E-state index is 13.2. The summed E-state index contributed by atoms with van der Waals surface area (Å²) in [5, 5.41) is 0. The molecule has 0 radical (unpaired) electrons. The second-order valence-corrected chi connectivity index (χ2v) is 5.22. The molecule has 0 aliphatic heterocycles. The number of aromatic nitrogens is 3. The fourth-order valence-electron chi connectivity index (χ4n) is 2.39. The van der Waals surface area contributed by atoms with E-state index in [2.05, 4.69) is 9.97 Å². The molecular formula is C17H15FN4O. The molecule has 0 bridgehead atoms. The number of benzene rings is 1. The topological polar surface area (TPSA) is 73.8 Å². The molecule has 0 amide bonds. The number of anilines is 1. The zero-order valence-corrected chi connectivity index (χ0v) is 12.7. The van der Waals surface area contributed by atoms with Crippen molar-refractivity contribution in [3.63, 3.8) is 0 Å². The smallest absolute Gasteiger partial charge is 0.261 e. The zero-order chi connectivity index (χ0) is 16.6. The summed E-state index contributed by atoms with van der Waals surface area (Å²) in [5.41, 5.74) is 7.75. The van der Waals surface area contributed by atoms with Crippen molar-refractivity contribution in [1.82, 2.24) is 14.5 Å². The van der Waals surface area contributed by atoms with Crippen LogP contribution in [0.15, 0.2) is 47.4 Å². The third-order valence-corrected chi connectivity index (χ3v) is 3.70. The third kappa shape index (κ3) is 2.70. The number of pyridine rings is 1. The normalized spacial score (nSPS) is 10.7. The maximum atomic E-state index is 13.2. The van der Waals surface area contributed by atoms with Crippen molar-refractivity contribution in [3.05, 3.63) is 64.6 Å². The Morgan fingerprint density at radius 1 is 1.13 bits per heavy atom. The van der Waals surface area contributed by atoms with Crippen molar-refractivity contribution in [2.75, 3.05) is 5.73 Å². The SMILES string of the molecule is Cc1nc(-c2ccnc(N)c2)c(-c2ccc(F)cc2)c(=O)n1C. The van der Waals surface area contributed by atoms with E-state index in [9.17, 15) is 9.18 Å². The Labute approximate surface area is 132 Å². The summed E-state index contributed by atoms with van der Waals surface area (Å²) in [6.45, 7) is 1.75. The van der Waals surface area contributed by atoms with Gasteiger partial charge in [0.15, 0.2) is 0 Å². The van der Waals surface area contributed by atoms with Crippen LogP contribution >= 0.6 is 0 Å². The van der Waals surface area contributed by atoms with Crippen molar-refractivity contribution in [3.8, 4) is 22.4 Å². The molecule has 0 atom stereocenters. The van der Waals surface area contributed by atoms with E-state index >= 15 is 0 Å². The van der Waals surface area contributed by atoms with Crippen LogP contribution in [0.3, 0.4) is 0 Å². The van der Waals surface area contributed by atoms with Gasteiger partial charge in [-0.05, 0) is 36.8 Å². The molecule has 2 N–H and O–H groups in total. The molecule has 2 aromatic heterocycles. The standard InChI is InChI=1S/C17H15FN4O/c1-10-21-16(12-7-8-20-14(19)9-12)15(17(23)22(10)2)11-3-5-13(18)6-4-11/h3-9H,1-2H3,(H2,19,20). The van der Waals surface area contributed by atoms with Crippen LogP contribution in [0.5, 0.6) is 0 Å². The predicted molar refractivity (Wildman–Crippen MR) is 87.3 cm³/mol. The van der Waals surface area contributed by atoms with Gasteiger partial charge >= 0.3 is 0 Å². The van der Waals surface area contributed by atoms with Crippen molar-refractivity contribution in [1.29, 1.82) is 0 Å². The number of nitrogens with zero attached hydrogens (tertiary/aromatic N) is 3. The van der Waals surface area contributed by atoms with Gasteiger partial charge in [-0.15, -0.1) is 0 Å². The molecule has 6 heteroatoms. The average molecular weight is 310 g/mol. The van der Waals surface area contributed by atoms with Gasteiger partial charge in [-0.25, -0.2) is 14.4 Å². The first-order valence-electron chi connectivity index (χ1n) is 7.03. The van der Waals surface area contributed by atoms with Crippen LogP contribution in [0.25, 0.3) is 22.4 Å². The molecule has 0 unspecified atom stereocenters. The van der Waals surface area contributed by atoms with E-state index in [0.29, 0.717) is 34.0 Å². The van der Waals surface area contributed by atoms with E-state index in [1.54, 1.807) is 44.4 Å². The highest BCUT2D eigenvalue weighted by Gasteiger charge is 2.17. The van der Waals surface area contributed by atoms with Gasteiger partial charge in [0.05, 0.1) is 11.3 Å². The Bertz CT molecular complexity index is 932. The van der Waals surface area contributed by atoms with Crippen molar-refractivity contribution in [2.24, 2.45) is 7.05 Å². The van der Waals surface area contributed by atoms with Crippen LogP contribution in [-0.2, 0) is 7.05 Å². The summed E-state index contributed by atoms with van der Waals surface area (Å²) in [4.78, 5) is 21.2. The van der Waals surface area contributed by atoms with E-state index < -0.39 is 0 Å². The monoisotopic (exact) mass is 310 g/mol. The lowest BCUT2D eigenvalue weighted by Crippen LogP contribution is -2.23. The van der Waals surface area contributed by atoms with Gasteiger partial charge in [-0.3, -0.25) is 9.36 Å². The first-order valence-corrected chi connectivity index (χ1v) is 7.03. The first-order chi connectivity index (χ1) is 11.0. The van der Waals surface area contributed by atoms with Crippen LogP contribution in [0.4, 0.5) is 10.2 Å². The first kappa shape index (κ1) is 14.9. The van der Waals surface area contributed by atoms with Crippen LogP contribution in [-0.4, -0.2) is 14.5 Å². The maximum Gasteiger partial charge on any atom is 0.261 e. The van der Waals surface area contributed by atoms with E-state index in [-0.39, 0.29) is 11.4 Å². The lowest BCUT2D eigenvalue weighted by molar-refractivity contribution is 0.628. The minimum Gasteiger partial charge on any atom is -0.384 e. The minimum absolute atomic E-state index is 0.200. The Hall–Kier alpha value is -3.02. The van der Waals surface area contributed by atoms with Crippen LogP contribution in [0.2, 0.25) is 0 Å². The largest absolute Gasteiger partial charge is 0.384 e. The summed E-state index contributed by atoms with van der Waals surface area (Å²) in [6.07, 6.45) is 1.56. The van der Waals surface area contributed by atoms with Crippen LogP contribution in [0, 0.1) is 12.7 Å². The van der Waals surface area contributed by atoms with Crippen molar-refractivity contribution in [2.45, 2.75) is 6.92 Å². The number of hydrogen-bond acceptors (Lipinski definition) is 4. The molecule has 116 valence electrons. The quantitative estimate of drug-likeness (QED) is 0.789. The number of aryl methyl sites for hydroxylation is 1. The van der Waals surface area contributed by atoms with E-state index in [0.717, 1.165) is 0 Å². The minimum atomic E-state index is -0.361. The van der Waals surface area contributed by atoms with Crippen molar-refractivity contribution >= 4 is 5.82 Å². The Morgan fingerprint density at radius 3 is 2.48 bits per heavy atom. The average Bonchev–Trinajstić information content (AvgIpc) is 2.53. The molecule has 0 saturated carbocycles. The second kappa shape index (κ2) is 5.64. The number of nitrogens with two attached hydrogens (primary N) is 1. The molecule has 23 heavy (non-hydrogen) atoms. The van der Waals surface area contributed by atoms with Gasteiger partial charge in [0.1, 0.15) is 17.5 Å². The molecule has 0 aliphatic rings. The zero-order valence-electron chi connectivity index (χ0n) is 12.7. The fourth-order valence-corrected chi connectivity index (χ4v) is 2.39. The van der Waals surface area contributed by atoms with E-state index in [1.165, 1.54) is 16.7 Å². The van der Waals surface area contributed by atoms with E-state index in [1.807, 2.05) is 0 Å². The molecule has 3 aromatic rings. The highest BCUT2D eigenvalue weighted by Crippen LogP contribution is 2.28. The summed E-state index contributed by atoms with van der Waals surface area (Å²) in [7, 11) is 1.66. The number of hydrogen-bond donors (Lipinski definition) is 1. The molecule has 5 nitrogen and oxygen atoms in total. The van der Waals surface area contributed by atoms with Crippen LogP contribution in [0.1, 0.15) is 5.82 Å². The fraction of sp³-hybridized carbons (Fsp3) is 0.118. The third-order valence-electron chi connectivity index (χ3n) is 3.70. The van der Waals surface area contributed by atoms with Gasteiger partial charge in [0, 0.05) is 18.8 Å². The molecule has 3 rings (SSSR count). The molecule has 2 heterocycles. The van der Waals surface area contributed by atoms with Gasteiger partial charge in [-0.1, -0.05) is 12.1 Å². The summed E-state index contributed by atoms with van der Waals surface area (Å²) in [6, 6.07) is 9.17. The molecular weight excluding hydrogens is 295 g/mol. The molecule has 0 fully saturated rings. The Kier molecular flexibility index (Phi) is 3.65. The number of rotatable bonds is 2. The Balaban J connectivity index is 2.35. The summed E-state index contributed by atoms with van der Waals surface area (Å²) >= 11 is 0. The van der Waals surface area contributed by atoms with Gasteiger partial charge in [-0.2, -0.15) is 0 Å². The van der Waals surface area contributed by atoms with Gasteiger partial charge in [0.2, 0.25) is 0 Å². The van der Waals surface area contributed by atoms with Crippen molar-refractivity contribution < 1.29 is 4.39 Å². The van der Waals surface area contributed by atoms with Gasteiger partial charge in [0.25, 0.3) is 5.56 Å². The second-order valence-electron chi connectivity index (χ2n) is 5.22. The van der Waals surface area contributed by atoms with Gasteiger partial charge < -0.3 is 5.73 Å². The molecule has 0 aliphatic carbocycles. The number of halogens is 1. The lowest BCUT2D eigenvalue weighted by atomic mass is 10.0. The molecule has 1 aromatic carbocycles. The number of nitrogen functional groups attached to an aromatic ring is 1. The lowest BCUT2D eigenvalue weighted by Gasteiger charge is -2.13. The summed E-state index contributed by atoms with van der Waals surface area (Å²) < 4.78 is 14.7.